The molecule has 0 atom stereocenters. The minimum absolute atomic E-state index is 0.0359. The van der Waals surface area contributed by atoms with Gasteiger partial charge in [-0.05, 0) is 41.8 Å². The van der Waals surface area contributed by atoms with Crippen LogP contribution in [0.1, 0.15) is 21.5 Å². The van der Waals surface area contributed by atoms with Crippen molar-refractivity contribution in [2.75, 3.05) is 17.1 Å². The average Bonchev–Trinajstić information content (AvgIpc) is 3.00. The number of carbonyl (C=O) groups is 1. The first-order valence-electron chi connectivity index (χ1n) is 7.51. The van der Waals surface area contributed by atoms with Crippen molar-refractivity contribution in [3.8, 4) is 5.75 Å². The maximum atomic E-state index is 12.2. The third-order valence-electron chi connectivity index (χ3n) is 3.80. The molecule has 0 unspecified atom stereocenters. The van der Waals surface area contributed by atoms with Gasteiger partial charge in [0.05, 0.1) is 17.9 Å². The Hall–Kier alpha value is -2.54. The number of aromatic carboxylic acids is 1. The topological polar surface area (TPSA) is 92.7 Å². The Balaban J connectivity index is 1.66. The van der Waals surface area contributed by atoms with Gasteiger partial charge in [-0.15, -0.1) is 0 Å². The zero-order valence-corrected chi connectivity index (χ0v) is 13.7. The van der Waals surface area contributed by atoms with E-state index in [1.54, 1.807) is 0 Å². The Morgan fingerprint density at radius 1 is 1.21 bits per heavy atom. The molecule has 0 amide bonds. The molecule has 2 N–H and O–H groups in total. The molecule has 0 aliphatic carbocycles. The highest BCUT2D eigenvalue weighted by Gasteiger charge is 2.15. The van der Waals surface area contributed by atoms with Crippen LogP contribution in [0.3, 0.4) is 0 Å². The monoisotopic (exact) mass is 347 g/mol. The van der Waals surface area contributed by atoms with E-state index in [2.05, 4.69) is 4.72 Å². The normalized spacial score (nSPS) is 13.2. The number of benzene rings is 2. The van der Waals surface area contributed by atoms with Gasteiger partial charge >= 0.3 is 5.97 Å². The number of carboxylic acids is 1. The van der Waals surface area contributed by atoms with Crippen molar-refractivity contribution < 1.29 is 23.1 Å². The Kier molecular flexibility index (Phi) is 4.44. The zero-order valence-electron chi connectivity index (χ0n) is 12.9. The average molecular weight is 347 g/mol. The van der Waals surface area contributed by atoms with Crippen molar-refractivity contribution in [3.05, 3.63) is 59.2 Å². The summed E-state index contributed by atoms with van der Waals surface area (Å²) in [6, 6.07) is 11.4. The molecule has 0 fully saturated rings. The summed E-state index contributed by atoms with van der Waals surface area (Å²) in [5.74, 6) is -0.314. The van der Waals surface area contributed by atoms with Gasteiger partial charge in [-0.25, -0.2) is 13.2 Å². The lowest BCUT2D eigenvalue weighted by atomic mass is 10.1. The Morgan fingerprint density at radius 3 is 2.83 bits per heavy atom. The summed E-state index contributed by atoms with van der Waals surface area (Å²) < 4.78 is 32.3. The molecule has 24 heavy (non-hydrogen) atoms. The van der Waals surface area contributed by atoms with Crippen LogP contribution in [0.5, 0.6) is 5.75 Å². The quantitative estimate of drug-likeness (QED) is 0.836. The number of nitrogens with one attached hydrogen (secondary N) is 1. The Bertz CT molecular complexity index is 876. The second-order valence-corrected chi connectivity index (χ2v) is 7.44. The molecule has 1 aliphatic heterocycles. The number of hydrogen-bond donors (Lipinski definition) is 2. The van der Waals surface area contributed by atoms with Crippen LogP contribution in [-0.2, 0) is 22.9 Å². The molecule has 0 radical (unpaired) electrons. The lowest BCUT2D eigenvalue weighted by Crippen LogP contribution is -2.18. The third-order valence-corrected chi connectivity index (χ3v) is 5.08. The lowest BCUT2D eigenvalue weighted by Gasteiger charge is -2.09. The van der Waals surface area contributed by atoms with Gasteiger partial charge in [0.25, 0.3) is 0 Å². The van der Waals surface area contributed by atoms with E-state index in [1.165, 1.54) is 24.3 Å². The fraction of sp³-hybridized carbons (Fsp3) is 0.235. The largest absolute Gasteiger partial charge is 0.493 e. The van der Waals surface area contributed by atoms with E-state index in [0.717, 1.165) is 23.3 Å². The van der Waals surface area contributed by atoms with E-state index in [0.29, 0.717) is 13.0 Å². The second-order valence-electron chi connectivity index (χ2n) is 5.60. The highest BCUT2D eigenvalue weighted by Crippen LogP contribution is 2.26. The highest BCUT2D eigenvalue weighted by atomic mass is 32.2. The minimum Gasteiger partial charge on any atom is -0.493 e. The van der Waals surface area contributed by atoms with Crippen LogP contribution in [-0.4, -0.2) is 31.9 Å². The van der Waals surface area contributed by atoms with Crippen molar-refractivity contribution >= 4 is 21.7 Å². The minimum atomic E-state index is -3.56. The van der Waals surface area contributed by atoms with Gasteiger partial charge in [-0.3, -0.25) is 4.72 Å². The standard InChI is InChI=1S/C17H17NO5S/c19-17(20)14-2-1-3-15(11-14)18-24(21,22)9-7-12-4-5-16-13(10-12)6-8-23-16/h1-5,10-11,18H,6-9H2,(H,19,20). The predicted octanol–water partition coefficient (Wildman–Crippen LogP) is 2.30. The molecule has 1 heterocycles. The van der Waals surface area contributed by atoms with E-state index in [-0.39, 0.29) is 17.0 Å². The van der Waals surface area contributed by atoms with Gasteiger partial charge in [0.2, 0.25) is 10.0 Å². The number of anilines is 1. The van der Waals surface area contributed by atoms with Crippen LogP contribution in [0.2, 0.25) is 0 Å². The van der Waals surface area contributed by atoms with Crippen LogP contribution < -0.4 is 9.46 Å². The molecule has 6 nitrogen and oxygen atoms in total. The predicted molar refractivity (Wildman–Crippen MR) is 90.2 cm³/mol. The molecular weight excluding hydrogens is 330 g/mol. The third kappa shape index (κ3) is 3.86. The summed E-state index contributed by atoms with van der Waals surface area (Å²) >= 11 is 0. The van der Waals surface area contributed by atoms with Crippen molar-refractivity contribution in [2.24, 2.45) is 0 Å². The van der Waals surface area contributed by atoms with Crippen molar-refractivity contribution in [1.82, 2.24) is 0 Å². The lowest BCUT2D eigenvalue weighted by molar-refractivity contribution is 0.0697. The van der Waals surface area contributed by atoms with Crippen LogP contribution in [0.15, 0.2) is 42.5 Å². The van der Waals surface area contributed by atoms with Gasteiger partial charge in [0.15, 0.2) is 0 Å². The molecule has 0 saturated carbocycles. The number of aryl methyl sites for hydroxylation is 1. The first-order chi connectivity index (χ1) is 11.4. The van der Waals surface area contributed by atoms with E-state index in [9.17, 15) is 13.2 Å². The van der Waals surface area contributed by atoms with Crippen molar-refractivity contribution in [1.29, 1.82) is 0 Å². The summed E-state index contributed by atoms with van der Waals surface area (Å²) in [6.07, 6.45) is 1.22. The zero-order chi connectivity index (χ0) is 17.2. The number of carboxylic acid groups (broad SMARTS) is 1. The molecule has 126 valence electrons. The van der Waals surface area contributed by atoms with Crippen molar-refractivity contribution in [3.63, 3.8) is 0 Å². The molecule has 0 aromatic heterocycles. The molecule has 7 heteroatoms. The fourth-order valence-electron chi connectivity index (χ4n) is 2.59. The number of ether oxygens (including phenoxy) is 1. The maximum Gasteiger partial charge on any atom is 0.335 e. The van der Waals surface area contributed by atoms with Gasteiger partial charge in [-0.1, -0.05) is 18.2 Å². The number of hydrogen-bond acceptors (Lipinski definition) is 4. The fourth-order valence-corrected chi connectivity index (χ4v) is 3.69. The molecular formula is C17H17NO5S. The molecule has 0 saturated heterocycles. The first kappa shape index (κ1) is 16.3. The summed E-state index contributed by atoms with van der Waals surface area (Å²) in [7, 11) is -3.56. The SMILES string of the molecule is O=C(O)c1cccc(NS(=O)(=O)CCc2ccc3c(c2)CCO3)c1. The Morgan fingerprint density at radius 2 is 2.04 bits per heavy atom. The summed E-state index contributed by atoms with van der Waals surface area (Å²) in [4.78, 5) is 10.9. The van der Waals surface area contributed by atoms with Gasteiger partial charge in [-0.2, -0.15) is 0 Å². The summed E-state index contributed by atoms with van der Waals surface area (Å²) in [5, 5.41) is 8.95. The van der Waals surface area contributed by atoms with Crippen LogP contribution in [0.25, 0.3) is 0 Å². The van der Waals surface area contributed by atoms with Crippen LogP contribution in [0.4, 0.5) is 5.69 Å². The molecule has 0 spiro atoms. The van der Waals surface area contributed by atoms with Crippen LogP contribution >= 0.6 is 0 Å². The summed E-state index contributed by atoms with van der Waals surface area (Å²) in [6.45, 7) is 0.665. The van der Waals surface area contributed by atoms with E-state index < -0.39 is 16.0 Å². The number of fused-ring (bicyclic) bond motifs is 1. The smallest absolute Gasteiger partial charge is 0.335 e. The van der Waals surface area contributed by atoms with E-state index >= 15 is 0 Å². The number of rotatable bonds is 6. The molecule has 0 bridgehead atoms. The Labute approximate surface area is 140 Å². The molecule has 2 aromatic carbocycles. The van der Waals surface area contributed by atoms with Crippen LogP contribution in [0, 0.1) is 0 Å². The second kappa shape index (κ2) is 6.52. The van der Waals surface area contributed by atoms with Crippen molar-refractivity contribution in [2.45, 2.75) is 12.8 Å². The summed E-state index contributed by atoms with van der Waals surface area (Å²) in [5.41, 5.74) is 2.32. The highest BCUT2D eigenvalue weighted by molar-refractivity contribution is 7.92. The molecule has 1 aliphatic rings. The number of sulfonamides is 1. The first-order valence-corrected chi connectivity index (χ1v) is 9.17. The van der Waals surface area contributed by atoms with E-state index in [4.69, 9.17) is 9.84 Å². The maximum absolute atomic E-state index is 12.2. The molecule has 2 aromatic rings. The van der Waals surface area contributed by atoms with Gasteiger partial charge in [0, 0.05) is 12.1 Å². The van der Waals surface area contributed by atoms with E-state index in [1.807, 2.05) is 18.2 Å². The molecule has 3 rings (SSSR count). The van der Waals surface area contributed by atoms with Gasteiger partial charge in [0.1, 0.15) is 5.75 Å². The van der Waals surface area contributed by atoms with Gasteiger partial charge < -0.3 is 9.84 Å².